The fourth-order valence-electron chi connectivity index (χ4n) is 4.23. The van der Waals surface area contributed by atoms with Gasteiger partial charge in [0.05, 0.1) is 6.10 Å². The van der Waals surface area contributed by atoms with E-state index in [1.165, 1.54) is 16.3 Å². The third kappa shape index (κ3) is 5.50. The second-order valence-corrected chi connectivity index (χ2v) is 26.9. The topological polar surface area (TPSA) is 27.7 Å². The Hall–Kier alpha value is -1.35. The maximum Gasteiger partial charge on any atom is 0.250 e. The molecule has 0 aromatic heterocycles. The molecule has 0 radical (unpaired) electrons. The molecule has 1 aliphatic rings. The van der Waals surface area contributed by atoms with E-state index in [1.807, 2.05) is 0 Å². The third-order valence-corrected chi connectivity index (χ3v) is 21.9. The van der Waals surface area contributed by atoms with Crippen LogP contribution in [0.5, 0.6) is 11.5 Å². The minimum absolute atomic E-state index is 0.0135. The Balaban J connectivity index is 1.94. The van der Waals surface area contributed by atoms with E-state index in [-0.39, 0.29) is 16.2 Å². The van der Waals surface area contributed by atoms with Gasteiger partial charge in [-0.2, -0.15) is 0 Å². The van der Waals surface area contributed by atoms with Gasteiger partial charge >= 0.3 is 0 Å². The van der Waals surface area contributed by atoms with E-state index in [4.69, 9.17) is 13.3 Å². The zero-order valence-electron chi connectivity index (χ0n) is 24.3. The van der Waals surface area contributed by atoms with Crippen LogP contribution >= 0.6 is 0 Å². The Morgan fingerprint density at radius 1 is 0.743 bits per heavy atom. The summed E-state index contributed by atoms with van der Waals surface area (Å²) >= 11 is 0. The van der Waals surface area contributed by atoms with Crippen LogP contribution in [-0.4, -0.2) is 25.0 Å². The molecule has 1 heterocycles. The Labute approximate surface area is 218 Å². The summed E-state index contributed by atoms with van der Waals surface area (Å²) in [6, 6.07) is 17.6. The van der Waals surface area contributed by atoms with Gasteiger partial charge < -0.3 is 13.3 Å². The molecule has 6 heteroatoms. The van der Waals surface area contributed by atoms with Crippen molar-refractivity contribution in [3.05, 3.63) is 53.6 Å². The first-order valence-corrected chi connectivity index (χ1v) is 21.4. The van der Waals surface area contributed by atoms with Crippen molar-refractivity contribution in [3.63, 3.8) is 0 Å². The molecule has 0 amide bonds. The van der Waals surface area contributed by atoms with Crippen molar-refractivity contribution in [3.8, 4) is 11.5 Å². The van der Waals surface area contributed by atoms with Crippen LogP contribution in [0.4, 0.5) is 0 Å². The van der Waals surface area contributed by atoms with Crippen molar-refractivity contribution in [1.82, 2.24) is 0 Å². The van der Waals surface area contributed by atoms with Crippen molar-refractivity contribution in [2.75, 3.05) is 0 Å². The van der Waals surface area contributed by atoms with Gasteiger partial charge in [-0.05, 0) is 88.9 Å². The molecule has 1 unspecified atom stereocenters. The van der Waals surface area contributed by atoms with E-state index < -0.39 is 25.0 Å². The predicted molar refractivity (Wildman–Crippen MR) is 158 cm³/mol. The van der Waals surface area contributed by atoms with Crippen LogP contribution < -0.4 is 14.0 Å². The smallest absolute Gasteiger partial charge is 0.250 e. The van der Waals surface area contributed by atoms with Crippen LogP contribution in [0.15, 0.2) is 42.5 Å². The molecular weight excluding hydrogens is 481 g/mol. The molecule has 2 aromatic carbocycles. The number of hydrogen-bond donors (Lipinski definition) is 0. The molecule has 0 N–H and O–H groups in total. The van der Waals surface area contributed by atoms with Gasteiger partial charge in [0.1, 0.15) is 11.5 Å². The molecule has 1 aliphatic heterocycles. The highest BCUT2D eigenvalue weighted by Crippen LogP contribution is 2.43. The molecule has 2 aromatic rings. The SMILES string of the molecule is CC[Si]1(CC)OC(c2ccc(O[Si](C)(C)C(C)(C)C)cc2)c2ccc(O[Si](C)(C)C(C)(C)C)cc21. The molecule has 0 aliphatic carbocycles. The van der Waals surface area contributed by atoms with Crippen LogP contribution in [-0.2, 0) is 4.43 Å². The maximum absolute atomic E-state index is 7.01. The second-order valence-electron chi connectivity index (χ2n) is 13.2. The van der Waals surface area contributed by atoms with Gasteiger partial charge in [0.15, 0.2) is 0 Å². The van der Waals surface area contributed by atoms with Gasteiger partial charge in [-0.1, -0.05) is 73.6 Å². The summed E-state index contributed by atoms with van der Waals surface area (Å²) in [5.41, 5.74) is 2.53. The average Bonchev–Trinajstić information content (AvgIpc) is 3.06. The van der Waals surface area contributed by atoms with Gasteiger partial charge in [0, 0.05) is 0 Å². The van der Waals surface area contributed by atoms with Gasteiger partial charge in [0.2, 0.25) is 25.0 Å². The summed E-state index contributed by atoms with van der Waals surface area (Å²) in [6.45, 7) is 27.5. The first kappa shape index (κ1) is 28.2. The molecule has 0 saturated carbocycles. The molecule has 3 nitrogen and oxygen atoms in total. The molecular formula is C29H48O3Si3. The molecule has 0 fully saturated rings. The van der Waals surface area contributed by atoms with E-state index >= 15 is 0 Å². The Morgan fingerprint density at radius 3 is 1.66 bits per heavy atom. The second kappa shape index (κ2) is 9.51. The Kier molecular flexibility index (Phi) is 7.67. The first-order chi connectivity index (χ1) is 16.0. The monoisotopic (exact) mass is 528 g/mol. The summed E-state index contributed by atoms with van der Waals surface area (Å²) in [5.74, 6) is 1.97. The quantitative estimate of drug-likeness (QED) is 0.336. The van der Waals surface area contributed by atoms with Crippen molar-refractivity contribution < 1.29 is 13.3 Å². The molecule has 0 spiro atoms. The number of fused-ring (bicyclic) bond motifs is 1. The van der Waals surface area contributed by atoms with Crippen molar-refractivity contribution in [2.24, 2.45) is 0 Å². The van der Waals surface area contributed by atoms with E-state index in [1.54, 1.807) is 0 Å². The largest absolute Gasteiger partial charge is 0.544 e. The summed E-state index contributed by atoms with van der Waals surface area (Å²) in [6.07, 6.45) is -0.0135. The summed E-state index contributed by atoms with van der Waals surface area (Å²) < 4.78 is 20.2. The van der Waals surface area contributed by atoms with Crippen LogP contribution in [0.1, 0.15) is 72.6 Å². The molecule has 35 heavy (non-hydrogen) atoms. The highest BCUT2D eigenvalue weighted by Gasteiger charge is 2.47. The third-order valence-electron chi connectivity index (χ3n) is 8.82. The number of benzene rings is 2. The lowest BCUT2D eigenvalue weighted by Gasteiger charge is -2.36. The van der Waals surface area contributed by atoms with E-state index in [9.17, 15) is 0 Å². The zero-order valence-corrected chi connectivity index (χ0v) is 27.3. The lowest BCUT2D eigenvalue weighted by atomic mass is 10.0. The fourth-order valence-corrected chi connectivity index (χ4v) is 9.86. The van der Waals surface area contributed by atoms with Gasteiger partial charge in [-0.3, -0.25) is 0 Å². The number of hydrogen-bond acceptors (Lipinski definition) is 3. The summed E-state index contributed by atoms with van der Waals surface area (Å²) in [5, 5.41) is 1.77. The van der Waals surface area contributed by atoms with Crippen molar-refractivity contribution in [1.29, 1.82) is 0 Å². The highest BCUT2D eigenvalue weighted by atomic mass is 28.4. The van der Waals surface area contributed by atoms with Crippen molar-refractivity contribution in [2.45, 2.75) is 110 Å². The summed E-state index contributed by atoms with van der Waals surface area (Å²) in [7, 11) is -5.83. The van der Waals surface area contributed by atoms with E-state index in [2.05, 4.69) is 124 Å². The fraction of sp³-hybridized carbons (Fsp3) is 0.586. The molecule has 1 atom stereocenters. The molecule has 0 saturated heterocycles. The number of rotatable bonds is 7. The Morgan fingerprint density at radius 2 is 1.20 bits per heavy atom. The lowest BCUT2D eigenvalue weighted by molar-refractivity contribution is 0.253. The normalized spacial score (nSPS) is 18.3. The minimum Gasteiger partial charge on any atom is -0.544 e. The van der Waals surface area contributed by atoms with Crippen LogP contribution in [0, 0.1) is 0 Å². The lowest BCUT2D eigenvalue weighted by Crippen LogP contribution is -2.47. The van der Waals surface area contributed by atoms with Gasteiger partial charge in [0.25, 0.3) is 0 Å². The highest BCUT2D eigenvalue weighted by molar-refractivity contribution is 6.87. The molecule has 3 rings (SSSR count). The predicted octanol–water partition coefficient (Wildman–Crippen LogP) is 8.77. The van der Waals surface area contributed by atoms with Crippen LogP contribution in [0.25, 0.3) is 0 Å². The van der Waals surface area contributed by atoms with Gasteiger partial charge in [-0.25, -0.2) is 0 Å². The van der Waals surface area contributed by atoms with Gasteiger partial charge in [-0.15, -0.1) is 0 Å². The van der Waals surface area contributed by atoms with E-state index in [0.29, 0.717) is 0 Å². The standard InChI is InChI=1S/C29H48O3Si3/c1-13-35(14-2)26-21-24(31-34(11,12)29(6,7)8)19-20-25(26)27(32-35)22-15-17-23(18-16-22)30-33(9,10)28(3,4)5/h15-21,27H,13-14H2,1-12H3. The minimum atomic E-state index is -2.07. The molecule has 194 valence electrons. The zero-order chi connectivity index (χ0) is 26.4. The van der Waals surface area contributed by atoms with Crippen molar-refractivity contribution >= 4 is 30.1 Å². The van der Waals surface area contributed by atoms with E-state index in [0.717, 1.165) is 23.6 Å². The van der Waals surface area contributed by atoms with Crippen LogP contribution in [0.2, 0.25) is 48.4 Å². The Bertz CT molecular complexity index is 1030. The molecule has 0 bridgehead atoms. The summed E-state index contributed by atoms with van der Waals surface area (Å²) in [4.78, 5) is 0. The maximum atomic E-state index is 7.01. The average molecular weight is 529 g/mol. The van der Waals surface area contributed by atoms with Crippen LogP contribution in [0.3, 0.4) is 0 Å². The first-order valence-electron chi connectivity index (χ1n) is 13.3.